The van der Waals surface area contributed by atoms with Crippen LogP contribution in [0.4, 0.5) is 5.69 Å². The molecular formula is C15H15N2Se. The van der Waals surface area contributed by atoms with E-state index in [4.69, 9.17) is 5.41 Å². The van der Waals surface area contributed by atoms with Crippen LogP contribution >= 0.6 is 0 Å². The topological polar surface area (TPSA) is 27.1 Å². The molecule has 0 heterocycles. The molecule has 0 bridgehead atoms. The maximum absolute atomic E-state index is 7.77. The molecule has 91 valence electrons. The van der Waals surface area contributed by atoms with Crippen LogP contribution in [0.5, 0.6) is 0 Å². The van der Waals surface area contributed by atoms with Crippen LogP contribution in [-0.2, 0) is 6.54 Å². The van der Waals surface area contributed by atoms with Gasteiger partial charge < -0.3 is 0 Å². The minimum atomic E-state index is 0.477. The number of hydrogen-bond acceptors (Lipinski definition) is 2. The molecule has 0 amide bonds. The average Bonchev–Trinajstić information content (AvgIpc) is 2.40. The summed E-state index contributed by atoms with van der Waals surface area (Å²) >= 11 is 2.77. The van der Waals surface area contributed by atoms with Crippen LogP contribution in [0.25, 0.3) is 0 Å². The van der Waals surface area contributed by atoms with Crippen molar-refractivity contribution in [3.63, 3.8) is 0 Å². The van der Waals surface area contributed by atoms with E-state index in [1.165, 1.54) is 5.56 Å². The molecule has 0 atom stereocenters. The number of hydrogen-bond donors (Lipinski definition) is 1. The number of benzene rings is 2. The van der Waals surface area contributed by atoms with Gasteiger partial charge in [0, 0.05) is 0 Å². The molecule has 0 spiro atoms. The molecule has 1 radical (unpaired) electrons. The third kappa shape index (κ3) is 3.00. The zero-order valence-electron chi connectivity index (χ0n) is 10.3. The Bertz CT molecular complexity index is 537. The van der Waals surface area contributed by atoms with Crippen LogP contribution in [0.1, 0.15) is 11.1 Å². The Kier molecular flexibility index (Phi) is 4.19. The quantitative estimate of drug-likeness (QED) is 0.682. The van der Waals surface area contributed by atoms with Gasteiger partial charge in [0.2, 0.25) is 0 Å². The molecule has 3 heteroatoms. The normalized spacial score (nSPS) is 10.1. The molecule has 0 aromatic heterocycles. The number of anilines is 1. The third-order valence-electron chi connectivity index (χ3n) is 2.82. The fourth-order valence-electron chi connectivity index (χ4n) is 1.94. The van der Waals surface area contributed by atoms with Crippen molar-refractivity contribution in [1.82, 2.24) is 0 Å². The van der Waals surface area contributed by atoms with Crippen LogP contribution in [0.2, 0.25) is 0 Å². The van der Waals surface area contributed by atoms with Crippen molar-refractivity contribution >= 4 is 26.3 Å². The van der Waals surface area contributed by atoms with Gasteiger partial charge >= 0.3 is 116 Å². The van der Waals surface area contributed by atoms with Gasteiger partial charge in [-0.3, -0.25) is 0 Å². The zero-order valence-corrected chi connectivity index (χ0v) is 12.0. The van der Waals surface area contributed by atoms with Crippen molar-refractivity contribution in [2.24, 2.45) is 0 Å². The summed E-state index contributed by atoms with van der Waals surface area (Å²) in [5.41, 5.74) is 3.28. The van der Waals surface area contributed by atoms with Gasteiger partial charge in [0.05, 0.1) is 0 Å². The molecule has 0 saturated carbocycles. The van der Waals surface area contributed by atoms with E-state index in [-0.39, 0.29) is 0 Å². The Hall–Kier alpha value is -1.57. The summed E-state index contributed by atoms with van der Waals surface area (Å²) in [6.07, 6.45) is 0. The summed E-state index contributed by atoms with van der Waals surface area (Å²) < 4.78 is 0.477. The first-order valence-corrected chi connectivity index (χ1v) is 6.64. The van der Waals surface area contributed by atoms with Gasteiger partial charge in [-0.2, -0.15) is 0 Å². The van der Waals surface area contributed by atoms with Gasteiger partial charge in [-0.1, -0.05) is 0 Å². The first kappa shape index (κ1) is 12.9. The number of nitrogens with zero attached hydrogens (tertiary/aromatic N) is 1. The van der Waals surface area contributed by atoms with Crippen LogP contribution in [0.15, 0.2) is 54.6 Å². The molecule has 2 rings (SSSR count). The maximum atomic E-state index is 7.77. The predicted molar refractivity (Wildman–Crippen MR) is 77.6 cm³/mol. The SMILES string of the molecule is CN(Cc1ccccc1)c1ccccc1C(=N)[Se]. The molecule has 0 unspecified atom stereocenters. The fourth-order valence-corrected chi connectivity index (χ4v) is 2.30. The van der Waals surface area contributed by atoms with Crippen molar-refractivity contribution in [3.05, 3.63) is 65.7 Å². The first-order valence-electron chi connectivity index (χ1n) is 5.78. The van der Waals surface area contributed by atoms with Gasteiger partial charge in [0.25, 0.3) is 0 Å². The Morgan fingerprint density at radius 1 is 1.06 bits per heavy atom. The van der Waals surface area contributed by atoms with Gasteiger partial charge in [0.1, 0.15) is 0 Å². The van der Waals surface area contributed by atoms with E-state index < -0.39 is 0 Å². The summed E-state index contributed by atoms with van der Waals surface area (Å²) in [5, 5.41) is 7.77. The van der Waals surface area contributed by atoms with Crippen LogP contribution < -0.4 is 4.90 Å². The van der Waals surface area contributed by atoms with Crippen molar-refractivity contribution in [1.29, 1.82) is 5.41 Å². The standard InChI is InChI=1S/C15H15N2Se/c1-17(11-12-7-3-2-4-8-12)14-10-6-5-9-13(14)15(16)18/h2-10,16H,11H2,1H3. The van der Waals surface area contributed by atoms with Gasteiger partial charge in [-0.05, 0) is 0 Å². The second kappa shape index (κ2) is 5.85. The number of nitrogens with one attached hydrogen (secondary N) is 1. The van der Waals surface area contributed by atoms with Crippen molar-refractivity contribution in [2.75, 3.05) is 11.9 Å². The zero-order chi connectivity index (χ0) is 13.0. The molecule has 0 fully saturated rings. The van der Waals surface area contributed by atoms with E-state index in [2.05, 4.69) is 40.1 Å². The second-order valence-electron chi connectivity index (χ2n) is 4.19. The summed E-state index contributed by atoms with van der Waals surface area (Å²) in [6.45, 7) is 0.838. The molecule has 0 aliphatic rings. The molecule has 1 N–H and O–H groups in total. The molecule has 18 heavy (non-hydrogen) atoms. The Morgan fingerprint density at radius 2 is 1.67 bits per heavy atom. The summed E-state index contributed by atoms with van der Waals surface area (Å²) in [6, 6.07) is 18.3. The van der Waals surface area contributed by atoms with E-state index in [0.717, 1.165) is 17.8 Å². The molecular weight excluding hydrogens is 287 g/mol. The third-order valence-corrected chi connectivity index (χ3v) is 3.28. The monoisotopic (exact) mass is 303 g/mol. The summed E-state index contributed by atoms with van der Waals surface area (Å²) in [7, 11) is 2.05. The van der Waals surface area contributed by atoms with E-state index in [0.29, 0.717) is 4.61 Å². The molecule has 2 nitrogen and oxygen atoms in total. The number of para-hydroxylation sites is 1. The van der Waals surface area contributed by atoms with E-state index in [9.17, 15) is 0 Å². The molecule has 0 aliphatic heterocycles. The number of rotatable bonds is 4. The van der Waals surface area contributed by atoms with Gasteiger partial charge in [-0.25, -0.2) is 0 Å². The second-order valence-corrected chi connectivity index (χ2v) is 5.04. The average molecular weight is 302 g/mol. The summed E-state index contributed by atoms with van der Waals surface area (Å²) in [5.74, 6) is 0. The minimum absolute atomic E-state index is 0.477. The van der Waals surface area contributed by atoms with E-state index >= 15 is 0 Å². The van der Waals surface area contributed by atoms with Crippen molar-refractivity contribution < 1.29 is 0 Å². The Labute approximate surface area is 116 Å². The summed E-state index contributed by atoms with van der Waals surface area (Å²) in [4.78, 5) is 2.16. The van der Waals surface area contributed by atoms with Crippen LogP contribution in [-0.4, -0.2) is 27.7 Å². The van der Waals surface area contributed by atoms with E-state index in [1.54, 1.807) is 0 Å². The molecule has 0 aliphatic carbocycles. The van der Waals surface area contributed by atoms with E-state index in [1.807, 2.05) is 42.5 Å². The van der Waals surface area contributed by atoms with Crippen LogP contribution in [0, 0.1) is 5.41 Å². The predicted octanol–water partition coefficient (Wildman–Crippen LogP) is 2.82. The first-order chi connectivity index (χ1) is 8.68. The van der Waals surface area contributed by atoms with Gasteiger partial charge in [-0.15, -0.1) is 0 Å². The Balaban J connectivity index is 2.24. The van der Waals surface area contributed by atoms with Crippen molar-refractivity contribution in [2.45, 2.75) is 6.54 Å². The van der Waals surface area contributed by atoms with Crippen LogP contribution in [0.3, 0.4) is 0 Å². The molecule has 0 saturated heterocycles. The van der Waals surface area contributed by atoms with Gasteiger partial charge in [0.15, 0.2) is 0 Å². The molecule has 2 aromatic carbocycles. The fraction of sp³-hybridized carbons (Fsp3) is 0.133. The van der Waals surface area contributed by atoms with Crippen molar-refractivity contribution in [3.8, 4) is 0 Å². The Morgan fingerprint density at radius 3 is 2.33 bits per heavy atom. The molecule has 2 aromatic rings.